The molecule has 2 saturated carbocycles. The van der Waals surface area contributed by atoms with Crippen molar-refractivity contribution in [3.05, 3.63) is 16.6 Å². The topological polar surface area (TPSA) is 112 Å². The highest BCUT2D eigenvalue weighted by Gasteiger charge is 2.33. The predicted octanol–water partition coefficient (Wildman–Crippen LogP) is 4.82. The largest absolute Gasteiger partial charge is 0.391 e. The van der Waals surface area contributed by atoms with E-state index >= 15 is 0 Å². The monoisotopic (exact) mass is 632 g/mol. The van der Waals surface area contributed by atoms with Gasteiger partial charge in [0.05, 0.1) is 42.8 Å². The minimum atomic E-state index is -0.633. The Morgan fingerprint density at radius 3 is 2.32 bits per heavy atom. The van der Waals surface area contributed by atoms with Crippen molar-refractivity contribution in [1.82, 2.24) is 20.1 Å². The third kappa shape index (κ3) is 11.4. The molecule has 2 heterocycles. The Kier molecular flexibility index (Phi) is 14.4. The maximum Gasteiger partial charge on any atom is 0.242 e. The van der Waals surface area contributed by atoms with Crippen LogP contribution in [0.5, 0.6) is 0 Å². The molecule has 3 unspecified atom stereocenters. The molecule has 3 fully saturated rings. The molecule has 3 atom stereocenters. The van der Waals surface area contributed by atoms with Gasteiger partial charge in [0.25, 0.3) is 0 Å². The Labute approximate surface area is 268 Å². The molecule has 2 aliphatic carbocycles. The second-order valence-corrected chi connectivity index (χ2v) is 14.8. The van der Waals surface area contributed by atoms with Gasteiger partial charge in [-0.1, -0.05) is 65.2 Å². The summed E-state index contributed by atoms with van der Waals surface area (Å²) in [5.41, 5.74) is 0. The number of amides is 3. The van der Waals surface area contributed by atoms with E-state index < -0.39 is 12.0 Å². The number of carbonyl (C=O) groups excluding carboxylic acids is 3. The highest BCUT2D eigenvalue weighted by molar-refractivity contribution is 7.09. The summed E-state index contributed by atoms with van der Waals surface area (Å²) in [7, 11) is 0. The third-order valence-corrected chi connectivity index (χ3v) is 10.6. The van der Waals surface area contributed by atoms with E-state index in [0.29, 0.717) is 63.4 Å². The first-order chi connectivity index (χ1) is 21.3. The smallest absolute Gasteiger partial charge is 0.242 e. The number of nitrogens with one attached hydrogen (secondary N) is 1. The molecule has 9 nitrogen and oxygen atoms in total. The van der Waals surface area contributed by atoms with Gasteiger partial charge in [-0.15, -0.1) is 11.3 Å². The van der Waals surface area contributed by atoms with Crippen LogP contribution in [0.3, 0.4) is 0 Å². The average Bonchev–Trinajstić information content (AvgIpc) is 3.54. The molecule has 1 aromatic rings. The highest BCUT2D eigenvalue weighted by Crippen LogP contribution is 2.30. The summed E-state index contributed by atoms with van der Waals surface area (Å²) in [5, 5.41) is 17.2. The molecule has 3 amide bonds. The standard InChI is InChI=1S/C34H56N4O5S/c1-25(2)19-30(39)29(20-26-9-5-3-6-10-26)36-34(42)28(21-31-35-13-18-44-31)22-32(40)38(23-27-11-7-4-8-12-27)24-33(41)37-14-16-43-17-15-37/h13,18,25-30,39H,3-12,14-17,19-24H2,1-2H3,(H,36,42). The molecule has 0 bridgehead atoms. The van der Waals surface area contributed by atoms with Crippen LogP contribution in [0.4, 0.5) is 0 Å². The maximum atomic E-state index is 14.0. The SMILES string of the molecule is CC(C)CC(O)C(CC1CCCCC1)NC(=O)C(CC(=O)N(CC(=O)N1CCOCC1)CC1CCCCC1)Cc1nccs1. The summed E-state index contributed by atoms with van der Waals surface area (Å²) in [6.07, 6.45) is 14.4. The van der Waals surface area contributed by atoms with Crippen LogP contribution >= 0.6 is 11.3 Å². The van der Waals surface area contributed by atoms with Crippen molar-refractivity contribution in [2.24, 2.45) is 23.7 Å². The van der Waals surface area contributed by atoms with Crippen molar-refractivity contribution < 1.29 is 24.2 Å². The van der Waals surface area contributed by atoms with Crippen LogP contribution in [0.25, 0.3) is 0 Å². The van der Waals surface area contributed by atoms with Gasteiger partial charge in [0.2, 0.25) is 17.7 Å². The number of aliphatic hydroxyl groups is 1. The van der Waals surface area contributed by atoms with Crippen molar-refractivity contribution in [1.29, 1.82) is 0 Å². The number of aromatic nitrogens is 1. The van der Waals surface area contributed by atoms with E-state index in [1.54, 1.807) is 16.0 Å². The predicted molar refractivity (Wildman–Crippen MR) is 173 cm³/mol. The van der Waals surface area contributed by atoms with Crippen LogP contribution in [0.2, 0.25) is 0 Å². The van der Waals surface area contributed by atoms with Gasteiger partial charge >= 0.3 is 0 Å². The van der Waals surface area contributed by atoms with Crippen molar-refractivity contribution in [2.45, 2.75) is 116 Å². The fraction of sp³-hybridized carbons (Fsp3) is 0.824. The van der Waals surface area contributed by atoms with E-state index in [1.807, 2.05) is 5.38 Å². The van der Waals surface area contributed by atoms with Gasteiger partial charge in [0.15, 0.2) is 0 Å². The zero-order valence-electron chi connectivity index (χ0n) is 27.1. The van der Waals surface area contributed by atoms with Crippen molar-refractivity contribution >= 4 is 29.1 Å². The lowest BCUT2D eigenvalue weighted by molar-refractivity contribution is -0.144. The molecule has 0 radical (unpaired) electrons. The molecule has 10 heteroatoms. The van der Waals surface area contributed by atoms with E-state index in [0.717, 1.165) is 50.0 Å². The van der Waals surface area contributed by atoms with Gasteiger partial charge in [-0.3, -0.25) is 14.4 Å². The zero-order valence-corrected chi connectivity index (χ0v) is 27.9. The van der Waals surface area contributed by atoms with Gasteiger partial charge in [0, 0.05) is 44.1 Å². The average molecular weight is 633 g/mol. The number of rotatable bonds is 15. The fourth-order valence-corrected chi connectivity index (χ4v) is 7.91. The molecule has 1 aromatic heterocycles. The zero-order chi connectivity index (χ0) is 31.3. The lowest BCUT2D eigenvalue weighted by Gasteiger charge is -2.34. The van der Waals surface area contributed by atoms with Gasteiger partial charge in [-0.05, 0) is 43.4 Å². The van der Waals surface area contributed by atoms with Crippen LogP contribution in [-0.4, -0.2) is 89.2 Å². The molecular weight excluding hydrogens is 576 g/mol. The molecular formula is C34H56N4O5S. The lowest BCUT2D eigenvalue weighted by atomic mass is 9.82. The number of hydrogen-bond acceptors (Lipinski definition) is 7. The highest BCUT2D eigenvalue weighted by atomic mass is 32.1. The summed E-state index contributed by atoms with van der Waals surface area (Å²) in [4.78, 5) is 49.3. The fourth-order valence-electron chi connectivity index (χ4n) is 7.22. The van der Waals surface area contributed by atoms with Crippen LogP contribution in [-0.2, 0) is 25.5 Å². The summed E-state index contributed by atoms with van der Waals surface area (Å²) in [5.74, 6) is 0.147. The van der Waals surface area contributed by atoms with Crippen LogP contribution in [0.15, 0.2) is 11.6 Å². The first-order valence-corrected chi connectivity index (χ1v) is 18.2. The van der Waals surface area contributed by atoms with Crippen LogP contribution < -0.4 is 5.32 Å². The molecule has 0 spiro atoms. The molecule has 1 aliphatic heterocycles. The normalized spacial score (nSPS) is 20.7. The summed E-state index contributed by atoms with van der Waals surface area (Å²) >= 11 is 1.49. The van der Waals surface area contributed by atoms with Crippen molar-refractivity contribution in [3.8, 4) is 0 Å². The first-order valence-electron chi connectivity index (χ1n) is 17.3. The second-order valence-electron chi connectivity index (χ2n) is 13.9. The number of morpholine rings is 1. The molecule has 4 rings (SSSR count). The van der Waals surface area contributed by atoms with Crippen molar-refractivity contribution in [3.63, 3.8) is 0 Å². The van der Waals surface area contributed by atoms with E-state index in [1.165, 1.54) is 37.0 Å². The van der Waals surface area contributed by atoms with Gasteiger partial charge in [-0.2, -0.15) is 0 Å². The number of nitrogens with zero attached hydrogens (tertiary/aromatic N) is 3. The first kappa shape index (κ1) is 34.8. The Morgan fingerprint density at radius 2 is 1.70 bits per heavy atom. The van der Waals surface area contributed by atoms with Crippen LogP contribution in [0, 0.1) is 23.7 Å². The number of aliphatic hydroxyl groups excluding tert-OH is 1. The van der Waals surface area contributed by atoms with E-state index in [9.17, 15) is 19.5 Å². The van der Waals surface area contributed by atoms with Crippen molar-refractivity contribution in [2.75, 3.05) is 39.4 Å². The summed E-state index contributed by atoms with van der Waals surface area (Å²) in [6, 6.07) is -0.344. The van der Waals surface area contributed by atoms with E-state index in [2.05, 4.69) is 24.1 Å². The van der Waals surface area contributed by atoms with Crippen LogP contribution in [0.1, 0.15) is 102 Å². The lowest BCUT2D eigenvalue weighted by Crippen LogP contribution is -2.50. The number of hydrogen-bond donors (Lipinski definition) is 2. The summed E-state index contributed by atoms with van der Waals surface area (Å²) in [6.45, 7) is 6.89. The molecule has 2 N–H and O–H groups in total. The number of thiazole rings is 1. The Bertz CT molecular complexity index is 1000. The maximum absolute atomic E-state index is 14.0. The van der Waals surface area contributed by atoms with Gasteiger partial charge in [0.1, 0.15) is 0 Å². The molecule has 0 aromatic carbocycles. The Hall–Kier alpha value is -2.04. The van der Waals surface area contributed by atoms with Gasteiger partial charge in [-0.25, -0.2) is 4.98 Å². The molecule has 44 heavy (non-hydrogen) atoms. The van der Waals surface area contributed by atoms with E-state index in [-0.39, 0.29) is 36.7 Å². The molecule has 1 saturated heterocycles. The number of carbonyl (C=O) groups is 3. The minimum Gasteiger partial charge on any atom is -0.391 e. The quantitative estimate of drug-likeness (QED) is 0.287. The Balaban J connectivity index is 1.49. The second kappa shape index (κ2) is 18.2. The third-order valence-electron chi connectivity index (χ3n) is 9.76. The van der Waals surface area contributed by atoms with E-state index in [4.69, 9.17) is 4.74 Å². The molecule has 248 valence electrons. The summed E-state index contributed by atoms with van der Waals surface area (Å²) < 4.78 is 5.43. The molecule has 3 aliphatic rings. The number of ether oxygens (including phenoxy) is 1. The Morgan fingerprint density at radius 1 is 1.05 bits per heavy atom. The van der Waals surface area contributed by atoms with Gasteiger partial charge < -0.3 is 25.0 Å². The minimum absolute atomic E-state index is 0.0188.